The number of benzene rings is 2. The maximum absolute atomic E-state index is 12.9. The number of rotatable bonds is 5. The lowest BCUT2D eigenvalue weighted by molar-refractivity contribution is -0.696. The average molecular weight is 346 g/mol. The number of hydrogen-bond donors (Lipinski definition) is 1. The van der Waals surface area contributed by atoms with Gasteiger partial charge < -0.3 is 5.32 Å². The number of carbonyl (C=O) groups excluding carboxylic acids is 2. The molecule has 4 rings (SSSR count). The first-order valence-corrected chi connectivity index (χ1v) is 8.71. The zero-order valence-electron chi connectivity index (χ0n) is 14.6. The van der Waals surface area contributed by atoms with Gasteiger partial charge in [0.15, 0.2) is 11.6 Å². The lowest BCUT2D eigenvalue weighted by Crippen LogP contribution is -2.32. The van der Waals surface area contributed by atoms with Gasteiger partial charge in [-0.1, -0.05) is 36.4 Å². The quantitative estimate of drug-likeness (QED) is 0.446. The van der Waals surface area contributed by atoms with Crippen molar-refractivity contribution in [2.45, 2.75) is 13.0 Å². The molecule has 0 saturated carbocycles. The van der Waals surface area contributed by atoms with E-state index in [0.717, 1.165) is 25.2 Å². The van der Waals surface area contributed by atoms with Crippen LogP contribution in [0.4, 0.5) is 5.69 Å². The third-order valence-corrected chi connectivity index (χ3v) is 4.68. The summed E-state index contributed by atoms with van der Waals surface area (Å²) in [6.07, 6.45) is 6.98. The predicted molar refractivity (Wildman–Crippen MR) is 98.5 cm³/mol. The third-order valence-electron chi connectivity index (χ3n) is 4.68. The fourth-order valence-corrected chi connectivity index (χ4v) is 3.41. The fraction of sp³-hybridized carbons (Fsp3) is 0.190. The second-order valence-corrected chi connectivity index (χ2v) is 6.53. The molecule has 3 aromatic rings. The van der Waals surface area contributed by atoms with Gasteiger partial charge in [0.05, 0.1) is 19.2 Å². The Labute approximate surface area is 151 Å². The molecule has 0 fully saturated rings. The summed E-state index contributed by atoms with van der Waals surface area (Å²) in [5, 5.41) is 3.34. The van der Waals surface area contributed by atoms with Crippen LogP contribution in [0.25, 0.3) is 0 Å². The number of nitrogens with zero attached hydrogens (tertiary/aromatic N) is 2. The Kier molecular flexibility index (Phi) is 4.13. The highest BCUT2D eigenvalue weighted by Gasteiger charge is 2.31. The summed E-state index contributed by atoms with van der Waals surface area (Å²) in [5.41, 5.74) is 2.68. The summed E-state index contributed by atoms with van der Waals surface area (Å²) in [4.78, 5) is 25.7. The second-order valence-electron chi connectivity index (χ2n) is 6.53. The first kappa shape index (κ1) is 16.3. The van der Waals surface area contributed by atoms with Gasteiger partial charge in [0.25, 0.3) is 0 Å². The van der Waals surface area contributed by atoms with Gasteiger partial charge in [-0.3, -0.25) is 9.59 Å². The van der Waals surface area contributed by atoms with Crippen LogP contribution in [0, 0.1) is 0 Å². The number of ketones is 2. The van der Waals surface area contributed by atoms with Crippen LogP contribution >= 0.6 is 0 Å². The molecular weight excluding hydrogens is 326 g/mol. The van der Waals surface area contributed by atoms with E-state index in [1.54, 1.807) is 30.3 Å². The van der Waals surface area contributed by atoms with Gasteiger partial charge in [-0.15, -0.1) is 0 Å². The first-order chi connectivity index (χ1) is 12.6. The minimum absolute atomic E-state index is 0.0845. The van der Waals surface area contributed by atoms with Crippen LogP contribution < -0.4 is 9.88 Å². The normalized spacial score (nSPS) is 12.7. The van der Waals surface area contributed by atoms with Crippen LogP contribution in [-0.2, 0) is 13.6 Å². The molecule has 130 valence electrons. The molecule has 0 radical (unpaired) electrons. The maximum Gasteiger partial charge on any atom is 0.243 e. The monoisotopic (exact) mass is 346 g/mol. The van der Waals surface area contributed by atoms with Gasteiger partial charge in [-0.2, -0.15) is 0 Å². The number of imidazole rings is 1. The van der Waals surface area contributed by atoms with Crippen molar-refractivity contribution < 1.29 is 14.2 Å². The minimum Gasteiger partial charge on any atom is -0.384 e. The number of carbonyl (C=O) groups is 2. The van der Waals surface area contributed by atoms with Gasteiger partial charge in [0.1, 0.15) is 12.4 Å². The van der Waals surface area contributed by atoms with E-state index in [0.29, 0.717) is 22.3 Å². The smallest absolute Gasteiger partial charge is 0.243 e. The second kappa shape index (κ2) is 6.59. The molecule has 1 aromatic heterocycles. The molecule has 26 heavy (non-hydrogen) atoms. The van der Waals surface area contributed by atoms with Crippen LogP contribution in [0.15, 0.2) is 61.2 Å². The van der Waals surface area contributed by atoms with Crippen LogP contribution in [0.1, 0.15) is 38.3 Å². The van der Waals surface area contributed by atoms with Gasteiger partial charge in [-0.05, 0) is 6.07 Å². The molecule has 5 heteroatoms. The molecule has 1 N–H and O–H groups in total. The van der Waals surface area contributed by atoms with Crippen molar-refractivity contribution in [3.63, 3.8) is 0 Å². The molecule has 0 amide bonds. The molecule has 0 unspecified atom stereocenters. The number of hydrogen-bond acceptors (Lipinski definition) is 3. The van der Waals surface area contributed by atoms with E-state index in [4.69, 9.17) is 0 Å². The number of aromatic nitrogens is 2. The molecule has 0 atom stereocenters. The summed E-state index contributed by atoms with van der Waals surface area (Å²) in [6, 6.07) is 12.5. The zero-order chi connectivity index (χ0) is 18.1. The Morgan fingerprint density at radius 2 is 1.69 bits per heavy atom. The standard InChI is InChI=1S/C21H19N3O2/c1-23-12-13-24(14-23)11-5-10-22-18-9-4-8-17-19(18)21(26)16-7-3-2-6-15(16)20(17)25/h2-4,6-9,12-14H,5,10-11H2,1H3/p+1. The van der Waals surface area contributed by atoms with E-state index in [9.17, 15) is 9.59 Å². The highest BCUT2D eigenvalue weighted by Crippen LogP contribution is 2.31. The fourth-order valence-electron chi connectivity index (χ4n) is 3.41. The lowest BCUT2D eigenvalue weighted by atomic mass is 9.83. The highest BCUT2D eigenvalue weighted by atomic mass is 16.1. The maximum atomic E-state index is 12.9. The van der Waals surface area contributed by atoms with Gasteiger partial charge in [-0.25, -0.2) is 9.13 Å². The Bertz CT molecular complexity index is 1000. The molecule has 2 aromatic carbocycles. The van der Waals surface area contributed by atoms with E-state index >= 15 is 0 Å². The SMILES string of the molecule is Cn1cc[n+](CCCNc2cccc3c2C(=O)c2ccccc2C3=O)c1. The molecular formula is C21H20N3O2+. The van der Waals surface area contributed by atoms with Crippen molar-refractivity contribution in [2.24, 2.45) is 7.05 Å². The molecule has 0 saturated heterocycles. The van der Waals surface area contributed by atoms with E-state index in [1.165, 1.54) is 0 Å². The summed E-state index contributed by atoms with van der Waals surface area (Å²) in [6.45, 7) is 1.61. The number of fused-ring (bicyclic) bond motifs is 2. The summed E-state index contributed by atoms with van der Waals surface area (Å²) in [5.74, 6) is -0.172. The Morgan fingerprint density at radius 3 is 2.42 bits per heavy atom. The summed E-state index contributed by atoms with van der Waals surface area (Å²) in [7, 11) is 1.99. The topological polar surface area (TPSA) is 55.0 Å². The highest BCUT2D eigenvalue weighted by molar-refractivity contribution is 6.30. The average Bonchev–Trinajstić information content (AvgIpc) is 3.08. The van der Waals surface area contributed by atoms with Crippen molar-refractivity contribution >= 4 is 17.3 Å². The Morgan fingerprint density at radius 1 is 0.962 bits per heavy atom. The Balaban J connectivity index is 1.54. The molecule has 0 aliphatic heterocycles. The molecule has 1 heterocycles. The van der Waals surface area contributed by atoms with Crippen molar-refractivity contribution in [1.29, 1.82) is 0 Å². The van der Waals surface area contributed by atoms with Gasteiger partial charge >= 0.3 is 0 Å². The van der Waals surface area contributed by atoms with Crippen molar-refractivity contribution in [3.05, 3.63) is 83.4 Å². The van der Waals surface area contributed by atoms with E-state index in [1.807, 2.05) is 42.5 Å². The molecule has 5 nitrogen and oxygen atoms in total. The molecule has 1 aliphatic rings. The van der Waals surface area contributed by atoms with Gasteiger partial charge in [0.2, 0.25) is 6.33 Å². The van der Waals surface area contributed by atoms with E-state index in [-0.39, 0.29) is 11.6 Å². The predicted octanol–water partition coefficient (Wildman–Crippen LogP) is 2.59. The Hall–Kier alpha value is -3.21. The largest absolute Gasteiger partial charge is 0.384 e. The molecule has 1 aliphatic carbocycles. The van der Waals surface area contributed by atoms with Gasteiger partial charge in [0, 0.05) is 35.3 Å². The zero-order valence-corrected chi connectivity index (χ0v) is 14.6. The number of anilines is 1. The minimum atomic E-state index is -0.0873. The van der Waals surface area contributed by atoms with Crippen LogP contribution in [0.2, 0.25) is 0 Å². The van der Waals surface area contributed by atoms with Crippen LogP contribution in [-0.4, -0.2) is 22.7 Å². The van der Waals surface area contributed by atoms with E-state index < -0.39 is 0 Å². The van der Waals surface area contributed by atoms with Crippen molar-refractivity contribution in [3.8, 4) is 0 Å². The van der Waals surface area contributed by atoms with Crippen LogP contribution in [0.5, 0.6) is 0 Å². The third kappa shape index (κ3) is 2.81. The number of nitrogens with one attached hydrogen (secondary N) is 1. The van der Waals surface area contributed by atoms with Crippen molar-refractivity contribution in [1.82, 2.24) is 4.57 Å². The molecule has 0 bridgehead atoms. The summed E-state index contributed by atoms with van der Waals surface area (Å²) < 4.78 is 4.12. The van der Waals surface area contributed by atoms with Crippen LogP contribution in [0.3, 0.4) is 0 Å². The number of aryl methyl sites for hydroxylation is 2. The lowest BCUT2D eigenvalue weighted by Gasteiger charge is -2.20. The van der Waals surface area contributed by atoms with E-state index in [2.05, 4.69) is 9.88 Å². The summed E-state index contributed by atoms with van der Waals surface area (Å²) >= 11 is 0. The molecule has 0 spiro atoms. The van der Waals surface area contributed by atoms with Crippen molar-refractivity contribution in [2.75, 3.05) is 11.9 Å². The first-order valence-electron chi connectivity index (χ1n) is 8.71.